The molecule has 27 heavy (non-hydrogen) atoms. The fourth-order valence-electron chi connectivity index (χ4n) is 2.68. The Bertz CT molecular complexity index is 1050. The highest BCUT2D eigenvalue weighted by atomic mass is 35.5. The van der Waals surface area contributed by atoms with Gasteiger partial charge in [-0.3, -0.25) is 14.2 Å². The third-order valence-electron chi connectivity index (χ3n) is 3.97. The van der Waals surface area contributed by atoms with Gasteiger partial charge < -0.3 is 5.32 Å². The van der Waals surface area contributed by atoms with Gasteiger partial charge in [-0.1, -0.05) is 42.4 Å². The average molecular weight is 402 g/mol. The topological polar surface area (TPSA) is 64.0 Å². The molecule has 5 nitrogen and oxygen atoms in total. The Morgan fingerprint density at radius 3 is 2.81 bits per heavy atom. The monoisotopic (exact) mass is 401 g/mol. The molecule has 2 aromatic carbocycles. The number of amides is 1. The maximum atomic E-state index is 13.2. The summed E-state index contributed by atoms with van der Waals surface area (Å²) >= 11 is 7.30. The van der Waals surface area contributed by atoms with Crippen LogP contribution in [0.3, 0.4) is 0 Å². The molecule has 0 spiro atoms. The zero-order chi connectivity index (χ0) is 19.4. The van der Waals surface area contributed by atoms with E-state index in [1.807, 2.05) is 38.1 Å². The number of nitrogens with one attached hydrogen (secondary N) is 1. The Hall–Kier alpha value is -2.31. The van der Waals surface area contributed by atoms with Gasteiger partial charge in [0.25, 0.3) is 5.56 Å². The van der Waals surface area contributed by atoms with Crippen LogP contribution in [0.25, 0.3) is 16.6 Å². The Labute approximate surface area is 166 Å². The van der Waals surface area contributed by atoms with Crippen molar-refractivity contribution >= 4 is 40.2 Å². The van der Waals surface area contributed by atoms with E-state index in [2.05, 4.69) is 10.3 Å². The molecule has 0 radical (unpaired) electrons. The Kier molecular flexibility index (Phi) is 6.19. The number of fused-ring (bicyclic) bond motifs is 1. The molecule has 0 aliphatic heterocycles. The molecule has 0 aliphatic carbocycles. The standard InChI is InChI=1S/C20H20ClN3O2S/c1-3-9-22-18(25)12-27-20-23-17-11-14(21)7-8-16(17)19(26)24(20)15-6-4-5-13(2)10-15/h4-8,10-11H,3,9,12H2,1-2H3,(H,22,25). The molecule has 0 unspecified atom stereocenters. The number of rotatable bonds is 6. The van der Waals surface area contributed by atoms with E-state index in [-0.39, 0.29) is 17.2 Å². The molecule has 0 saturated carbocycles. The summed E-state index contributed by atoms with van der Waals surface area (Å²) in [6.45, 7) is 4.59. The van der Waals surface area contributed by atoms with Crippen molar-refractivity contribution in [3.8, 4) is 5.69 Å². The second kappa shape index (κ2) is 8.59. The van der Waals surface area contributed by atoms with E-state index in [0.29, 0.717) is 27.6 Å². The minimum atomic E-state index is -0.182. The van der Waals surface area contributed by atoms with Crippen LogP contribution in [0.4, 0.5) is 0 Å². The summed E-state index contributed by atoms with van der Waals surface area (Å²) in [4.78, 5) is 29.8. The molecule has 1 N–H and O–H groups in total. The van der Waals surface area contributed by atoms with Crippen LogP contribution in [0, 0.1) is 6.92 Å². The van der Waals surface area contributed by atoms with Gasteiger partial charge in [0.05, 0.1) is 22.3 Å². The second-order valence-corrected chi connectivity index (χ2v) is 7.55. The van der Waals surface area contributed by atoms with Crippen LogP contribution in [0.1, 0.15) is 18.9 Å². The highest BCUT2D eigenvalue weighted by molar-refractivity contribution is 7.99. The number of benzene rings is 2. The van der Waals surface area contributed by atoms with E-state index < -0.39 is 0 Å². The van der Waals surface area contributed by atoms with Crippen LogP contribution in [0.5, 0.6) is 0 Å². The molecule has 1 heterocycles. The number of hydrogen-bond donors (Lipinski definition) is 1. The molecule has 0 atom stereocenters. The summed E-state index contributed by atoms with van der Waals surface area (Å²) in [6.07, 6.45) is 0.872. The summed E-state index contributed by atoms with van der Waals surface area (Å²) in [5, 5.41) is 4.30. The van der Waals surface area contributed by atoms with Crippen LogP contribution >= 0.6 is 23.4 Å². The fraction of sp³-hybridized carbons (Fsp3) is 0.250. The lowest BCUT2D eigenvalue weighted by atomic mass is 10.2. The predicted octanol–water partition coefficient (Wildman–Crippen LogP) is 3.97. The van der Waals surface area contributed by atoms with E-state index in [9.17, 15) is 9.59 Å². The van der Waals surface area contributed by atoms with Gasteiger partial charge in [0, 0.05) is 11.6 Å². The van der Waals surface area contributed by atoms with Gasteiger partial charge in [-0.15, -0.1) is 0 Å². The van der Waals surface area contributed by atoms with E-state index in [1.54, 1.807) is 22.8 Å². The normalized spacial score (nSPS) is 10.9. The molecule has 7 heteroatoms. The number of hydrogen-bond acceptors (Lipinski definition) is 4. The molecule has 3 rings (SSSR count). The van der Waals surface area contributed by atoms with Gasteiger partial charge in [-0.05, 0) is 49.2 Å². The van der Waals surface area contributed by atoms with Crippen LogP contribution in [0.2, 0.25) is 5.02 Å². The van der Waals surface area contributed by atoms with Crippen molar-refractivity contribution in [1.29, 1.82) is 0 Å². The lowest BCUT2D eigenvalue weighted by Crippen LogP contribution is -2.27. The van der Waals surface area contributed by atoms with Gasteiger partial charge in [-0.25, -0.2) is 4.98 Å². The molecular formula is C20H20ClN3O2S. The molecule has 140 valence electrons. The molecule has 1 amide bonds. The van der Waals surface area contributed by atoms with E-state index in [0.717, 1.165) is 17.7 Å². The third-order valence-corrected chi connectivity index (χ3v) is 5.14. The number of carbonyl (C=O) groups excluding carboxylic acids is 1. The Morgan fingerprint density at radius 1 is 1.26 bits per heavy atom. The number of aromatic nitrogens is 2. The largest absolute Gasteiger partial charge is 0.355 e. The van der Waals surface area contributed by atoms with Gasteiger partial charge in [0.1, 0.15) is 0 Å². The first kappa shape index (κ1) is 19.5. The zero-order valence-electron chi connectivity index (χ0n) is 15.2. The van der Waals surface area contributed by atoms with Gasteiger partial charge >= 0.3 is 0 Å². The van der Waals surface area contributed by atoms with Crippen molar-refractivity contribution in [1.82, 2.24) is 14.9 Å². The predicted molar refractivity (Wildman–Crippen MR) is 111 cm³/mol. The summed E-state index contributed by atoms with van der Waals surface area (Å²) < 4.78 is 1.56. The van der Waals surface area contributed by atoms with Gasteiger partial charge in [0.2, 0.25) is 5.91 Å². The summed E-state index contributed by atoms with van der Waals surface area (Å²) in [7, 11) is 0. The van der Waals surface area contributed by atoms with Crippen molar-refractivity contribution in [3.63, 3.8) is 0 Å². The number of aryl methyl sites for hydroxylation is 1. The van der Waals surface area contributed by atoms with Crippen molar-refractivity contribution < 1.29 is 4.79 Å². The summed E-state index contributed by atoms with van der Waals surface area (Å²) in [5.41, 5.74) is 2.10. The first-order chi connectivity index (χ1) is 13.0. The Balaban J connectivity index is 2.09. The fourth-order valence-corrected chi connectivity index (χ4v) is 3.68. The molecule has 0 saturated heterocycles. The van der Waals surface area contributed by atoms with E-state index in [1.165, 1.54) is 11.8 Å². The number of nitrogens with zero attached hydrogens (tertiary/aromatic N) is 2. The molecule has 0 fully saturated rings. The average Bonchev–Trinajstić information content (AvgIpc) is 2.64. The number of halogens is 1. The minimum Gasteiger partial charge on any atom is -0.355 e. The molecular weight excluding hydrogens is 382 g/mol. The molecule has 1 aromatic heterocycles. The maximum Gasteiger partial charge on any atom is 0.266 e. The van der Waals surface area contributed by atoms with Crippen molar-refractivity contribution in [2.24, 2.45) is 0 Å². The first-order valence-electron chi connectivity index (χ1n) is 8.68. The molecule has 0 bridgehead atoms. The van der Waals surface area contributed by atoms with E-state index in [4.69, 9.17) is 11.6 Å². The SMILES string of the molecule is CCCNC(=O)CSc1nc2cc(Cl)ccc2c(=O)n1-c1cccc(C)c1. The second-order valence-electron chi connectivity index (χ2n) is 6.17. The first-order valence-corrected chi connectivity index (χ1v) is 10.0. The Morgan fingerprint density at radius 2 is 2.07 bits per heavy atom. The molecule has 3 aromatic rings. The van der Waals surface area contributed by atoms with Crippen molar-refractivity contribution in [3.05, 3.63) is 63.4 Å². The van der Waals surface area contributed by atoms with Gasteiger partial charge in [-0.2, -0.15) is 0 Å². The van der Waals surface area contributed by atoms with Crippen molar-refractivity contribution in [2.75, 3.05) is 12.3 Å². The zero-order valence-corrected chi connectivity index (χ0v) is 16.7. The maximum absolute atomic E-state index is 13.2. The lowest BCUT2D eigenvalue weighted by Gasteiger charge is -2.14. The minimum absolute atomic E-state index is 0.0851. The smallest absolute Gasteiger partial charge is 0.266 e. The van der Waals surface area contributed by atoms with Gasteiger partial charge in [0.15, 0.2) is 5.16 Å². The van der Waals surface area contributed by atoms with Crippen molar-refractivity contribution in [2.45, 2.75) is 25.4 Å². The highest BCUT2D eigenvalue weighted by Gasteiger charge is 2.15. The summed E-state index contributed by atoms with van der Waals surface area (Å²) in [6, 6.07) is 12.7. The quantitative estimate of drug-likeness (QED) is 0.501. The highest BCUT2D eigenvalue weighted by Crippen LogP contribution is 2.23. The van der Waals surface area contributed by atoms with Crippen LogP contribution < -0.4 is 10.9 Å². The van der Waals surface area contributed by atoms with E-state index >= 15 is 0 Å². The lowest BCUT2D eigenvalue weighted by molar-refractivity contribution is -0.118. The van der Waals surface area contributed by atoms with Crippen LogP contribution in [0.15, 0.2) is 52.4 Å². The molecule has 0 aliphatic rings. The van der Waals surface area contributed by atoms with Crippen LogP contribution in [-0.4, -0.2) is 27.8 Å². The number of thioether (sulfide) groups is 1. The third kappa shape index (κ3) is 4.51. The number of carbonyl (C=O) groups is 1. The van der Waals surface area contributed by atoms with Crippen LogP contribution in [-0.2, 0) is 4.79 Å². The summed E-state index contributed by atoms with van der Waals surface area (Å²) in [5.74, 6) is 0.0997.